The molecule has 0 aliphatic carbocycles. The van der Waals surface area contributed by atoms with E-state index in [-0.39, 0.29) is 34.9 Å². The lowest BCUT2D eigenvalue weighted by Crippen LogP contribution is -2.35. The zero-order chi connectivity index (χ0) is 22.6. The molecule has 0 radical (unpaired) electrons. The molecule has 1 heterocycles. The molecule has 0 saturated heterocycles. The highest BCUT2D eigenvalue weighted by Crippen LogP contribution is 2.34. The van der Waals surface area contributed by atoms with Crippen molar-refractivity contribution in [1.82, 2.24) is 5.32 Å². The highest BCUT2D eigenvalue weighted by molar-refractivity contribution is 7.91. The summed E-state index contributed by atoms with van der Waals surface area (Å²) in [5.41, 5.74) is 2.67. The van der Waals surface area contributed by atoms with Crippen molar-refractivity contribution in [3.8, 4) is 0 Å². The Morgan fingerprint density at radius 1 is 1.16 bits per heavy atom. The predicted molar refractivity (Wildman–Crippen MR) is 122 cm³/mol. The van der Waals surface area contributed by atoms with Crippen LogP contribution in [0.2, 0.25) is 5.02 Å². The van der Waals surface area contributed by atoms with Gasteiger partial charge in [0.1, 0.15) is 0 Å². The number of hydrogen-bond donors (Lipinski definition) is 1. The summed E-state index contributed by atoms with van der Waals surface area (Å²) in [6.45, 7) is 4.20. The van der Waals surface area contributed by atoms with Crippen molar-refractivity contribution in [1.29, 1.82) is 0 Å². The fourth-order valence-corrected chi connectivity index (χ4v) is 5.19. The lowest BCUT2D eigenvalue weighted by molar-refractivity contribution is -0.120. The van der Waals surface area contributed by atoms with Crippen molar-refractivity contribution in [3.63, 3.8) is 0 Å². The molecule has 1 N–H and O–H groups in total. The Kier molecular flexibility index (Phi) is 7.38. The first-order valence-corrected chi connectivity index (χ1v) is 12.4. The van der Waals surface area contributed by atoms with Gasteiger partial charge in [0.15, 0.2) is 9.84 Å². The Bertz CT molecular complexity index is 1070. The van der Waals surface area contributed by atoms with Crippen LogP contribution < -0.4 is 10.2 Å². The quantitative estimate of drug-likeness (QED) is 0.650. The first-order chi connectivity index (χ1) is 14.7. The third-order valence-corrected chi connectivity index (χ3v) is 7.41. The maximum Gasteiger partial charge on any atom is 0.226 e. The summed E-state index contributed by atoms with van der Waals surface area (Å²) in [6, 6.07) is 12.2. The highest BCUT2D eigenvalue weighted by Gasteiger charge is 2.31. The van der Waals surface area contributed by atoms with Gasteiger partial charge in [-0.05, 0) is 61.2 Å². The summed E-state index contributed by atoms with van der Waals surface area (Å²) >= 11 is 5.85. The third kappa shape index (κ3) is 5.66. The van der Waals surface area contributed by atoms with Crippen LogP contribution in [0, 0.1) is 0 Å². The normalized spacial score (nSPS) is 15.6. The molecule has 0 spiro atoms. The van der Waals surface area contributed by atoms with E-state index < -0.39 is 9.84 Å². The fourth-order valence-electron chi connectivity index (χ4n) is 3.78. The Hall–Kier alpha value is -2.38. The average molecular weight is 463 g/mol. The zero-order valence-electron chi connectivity index (χ0n) is 17.7. The SMILES string of the molecule is CCC(=O)N1c2ccc(S(=O)(=O)CCC(=O)NCCc3ccc(Cl)cc3)cc2C[C@H]1C. The molecule has 3 rings (SSSR count). The number of amides is 2. The van der Waals surface area contributed by atoms with Gasteiger partial charge in [-0.2, -0.15) is 0 Å². The average Bonchev–Trinajstić information content (AvgIpc) is 3.08. The van der Waals surface area contributed by atoms with E-state index in [1.807, 2.05) is 26.0 Å². The van der Waals surface area contributed by atoms with Gasteiger partial charge in [0.25, 0.3) is 0 Å². The number of sulfone groups is 1. The number of carbonyl (C=O) groups excluding carboxylic acids is 2. The third-order valence-electron chi connectivity index (χ3n) is 5.44. The molecule has 31 heavy (non-hydrogen) atoms. The first kappa shape index (κ1) is 23.3. The smallest absolute Gasteiger partial charge is 0.226 e. The monoisotopic (exact) mass is 462 g/mol. The number of benzene rings is 2. The number of halogens is 1. The van der Waals surface area contributed by atoms with E-state index in [9.17, 15) is 18.0 Å². The van der Waals surface area contributed by atoms with Crippen LogP contribution in [0.5, 0.6) is 0 Å². The Balaban J connectivity index is 1.56. The Morgan fingerprint density at radius 2 is 1.87 bits per heavy atom. The number of carbonyl (C=O) groups is 2. The molecule has 2 aromatic rings. The summed E-state index contributed by atoms with van der Waals surface area (Å²) in [5.74, 6) is -0.532. The largest absolute Gasteiger partial charge is 0.356 e. The van der Waals surface area contributed by atoms with Gasteiger partial charge >= 0.3 is 0 Å². The summed E-state index contributed by atoms with van der Waals surface area (Å²) in [6.07, 6.45) is 1.56. The van der Waals surface area contributed by atoms with Gasteiger partial charge in [-0.25, -0.2) is 8.42 Å². The minimum absolute atomic E-state index is 0.00632. The molecule has 8 heteroatoms. The predicted octanol–water partition coefficient (Wildman–Crippen LogP) is 3.55. The van der Waals surface area contributed by atoms with Gasteiger partial charge in [0, 0.05) is 36.1 Å². The van der Waals surface area contributed by atoms with Gasteiger partial charge in [-0.3, -0.25) is 9.59 Å². The van der Waals surface area contributed by atoms with Crippen LogP contribution in [0.1, 0.15) is 37.8 Å². The van der Waals surface area contributed by atoms with Gasteiger partial charge < -0.3 is 10.2 Å². The second kappa shape index (κ2) is 9.83. The fraction of sp³-hybridized carbons (Fsp3) is 0.391. The van der Waals surface area contributed by atoms with E-state index in [4.69, 9.17) is 11.6 Å². The lowest BCUT2D eigenvalue weighted by Gasteiger charge is -2.22. The van der Waals surface area contributed by atoms with Crippen molar-refractivity contribution in [2.24, 2.45) is 0 Å². The standard InChI is InChI=1S/C23H27ClN2O4S/c1-3-23(28)26-16(2)14-18-15-20(8-9-21(18)26)31(29,30)13-11-22(27)25-12-10-17-4-6-19(24)7-5-17/h4-9,15-16H,3,10-14H2,1-2H3,(H,25,27)/t16-/m1/s1. The molecule has 2 aromatic carbocycles. The van der Waals surface area contributed by atoms with Crippen LogP contribution in [0.4, 0.5) is 5.69 Å². The van der Waals surface area contributed by atoms with E-state index in [0.29, 0.717) is 30.8 Å². The molecule has 2 amide bonds. The number of nitrogens with zero attached hydrogens (tertiary/aromatic N) is 1. The Labute approximate surface area is 188 Å². The van der Waals surface area contributed by atoms with Crippen molar-refractivity contribution >= 4 is 38.9 Å². The van der Waals surface area contributed by atoms with Crippen molar-refractivity contribution in [3.05, 3.63) is 58.6 Å². The van der Waals surface area contributed by atoms with E-state index in [1.165, 1.54) is 6.07 Å². The highest BCUT2D eigenvalue weighted by atomic mass is 35.5. The molecule has 6 nitrogen and oxygen atoms in total. The first-order valence-electron chi connectivity index (χ1n) is 10.4. The maximum absolute atomic E-state index is 12.7. The summed E-state index contributed by atoms with van der Waals surface area (Å²) in [5, 5.41) is 3.42. The zero-order valence-corrected chi connectivity index (χ0v) is 19.3. The number of hydrogen-bond acceptors (Lipinski definition) is 4. The molecular weight excluding hydrogens is 436 g/mol. The molecule has 0 aromatic heterocycles. The molecule has 0 bridgehead atoms. The van der Waals surface area contributed by atoms with Gasteiger partial charge in [0.2, 0.25) is 11.8 Å². The minimum atomic E-state index is -3.60. The van der Waals surface area contributed by atoms with E-state index >= 15 is 0 Å². The van der Waals surface area contributed by atoms with Gasteiger partial charge in [-0.1, -0.05) is 30.7 Å². The van der Waals surface area contributed by atoms with Gasteiger partial charge in [-0.15, -0.1) is 0 Å². The molecule has 0 saturated carbocycles. The van der Waals surface area contributed by atoms with E-state index in [0.717, 1.165) is 16.8 Å². The van der Waals surface area contributed by atoms with Crippen LogP contribution in [0.15, 0.2) is 47.4 Å². The molecular formula is C23H27ClN2O4S. The number of fused-ring (bicyclic) bond motifs is 1. The number of nitrogens with one attached hydrogen (secondary N) is 1. The van der Waals surface area contributed by atoms with Crippen LogP contribution in [-0.4, -0.2) is 38.6 Å². The van der Waals surface area contributed by atoms with Gasteiger partial charge in [0.05, 0.1) is 10.6 Å². The van der Waals surface area contributed by atoms with E-state index in [2.05, 4.69) is 5.32 Å². The van der Waals surface area contributed by atoms with Crippen LogP contribution >= 0.6 is 11.6 Å². The van der Waals surface area contributed by atoms with Crippen molar-refractivity contribution in [2.45, 2.75) is 50.5 Å². The van der Waals surface area contributed by atoms with Crippen molar-refractivity contribution < 1.29 is 18.0 Å². The van der Waals surface area contributed by atoms with Crippen LogP contribution in [-0.2, 0) is 32.3 Å². The topological polar surface area (TPSA) is 83.6 Å². The van der Waals surface area contributed by atoms with E-state index in [1.54, 1.807) is 29.2 Å². The lowest BCUT2D eigenvalue weighted by atomic mass is 10.1. The second-order valence-electron chi connectivity index (χ2n) is 7.76. The molecule has 1 aliphatic rings. The molecule has 166 valence electrons. The van der Waals surface area contributed by atoms with Crippen LogP contribution in [0.3, 0.4) is 0 Å². The summed E-state index contributed by atoms with van der Waals surface area (Å²) in [7, 11) is -3.60. The minimum Gasteiger partial charge on any atom is -0.356 e. The summed E-state index contributed by atoms with van der Waals surface area (Å²) < 4.78 is 25.5. The Morgan fingerprint density at radius 3 is 2.55 bits per heavy atom. The maximum atomic E-state index is 12.7. The number of rotatable bonds is 8. The second-order valence-corrected chi connectivity index (χ2v) is 10.3. The molecule has 1 aliphatic heterocycles. The summed E-state index contributed by atoms with van der Waals surface area (Å²) in [4.78, 5) is 26.2. The molecule has 0 fully saturated rings. The molecule has 0 unspecified atom stereocenters. The van der Waals surface area contributed by atoms with Crippen molar-refractivity contribution in [2.75, 3.05) is 17.2 Å². The van der Waals surface area contributed by atoms with Crippen LogP contribution in [0.25, 0.3) is 0 Å². The number of anilines is 1. The molecule has 1 atom stereocenters.